The van der Waals surface area contributed by atoms with E-state index < -0.39 is 0 Å². The third-order valence-corrected chi connectivity index (χ3v) is 2.65. The van der Waals surface area contributed by atoms with Crippen molar-refractivity contribution in [2.45, 2.75) is 6.54 Å². The molecule has 0 saturated heterocycles. The minimum absolute atomic E-state index is 0.0723. The lowest BCUT2D eigenvalue weighted by molar-refractivity contribution is -0.119. The lowest BCUT2D eigenvalue weighted by atomic mass is 10.2. The Morgan fingerprint density at radius 1 is 1.00 bits per heavy atom. The van der Waals surface area contributed by atoms with Crippen molar-refractivity contribution in [3.8, 4) is 5.75 Å². The molecule has 0 unspecified atom stereocenters. The summed E-state index contributed by atoms with van der Waals surface area (Å²) in [7, 11) is 0. The Kier molecular flexibility index (Phi) is 4.39. The van der Waals surface area contributed by atoms with Gasteiger partial charge in [0.1, 0.15) is 5.75 Å². The molecule has 98 valence electrons. The van der Waals surface area contributed by atoms with Crippen LogP contribution in [-0.4, -0.2) is 17.6 Å². The number of hydrogen-bond donors (Lipinski definition) is 3. The Labute approximate surface area is 112 Å². The van der Waals surface area contributed by atoms with Gasteiger partial charge in [0.05, 0.1) is 6.54 Å². The van der Waals surface area contributed by atoms with Crippen LogP contribution in [0.3, 0.4) is 0 Å². The topological polar surface area (TPSA) is 61.4 Å². The van der Waals surface area contributed by atoms with Gasteiger partial charge in [-0.3, -0.25) is 4.79 Å². The molecule has 1 amide bonds. The van der Waals surface area contributed by atoms with Gasteiger partial charge in [0.2, 0.25) is 5.91 Å². The van der Waals surface area contributed by atoms with Crippen LogP contribution in [0, 0.1) is 0 Å². The van der Waals surface area contributed by atoms with Crippen molar-refractivity contribution in [1.82, 2.24) is 5.32 Å². The molecule has 0 aliphatic heterocycles. The first kappa shape index (κ1) is 13.0. The van der Waals surface area contributed by atoms with Crippen molar-refractivity contribution in [2.75, 3.05) is 11.9 Å². The first-order valence-corrected chi connectivity index (χ1v) is 6.07. The number of carbonyl (C=O) groups is 1. The lowest BCUT2D eigenvalue weighted by Gasteiger charge is -2.08. The van der Waals surface area contributed by atoms with Crippen molar-refractivity contribution < 1.29 is 9.90 Å². The molecule has 0 aliphatic carbocycles. The molecule has 3 N–H and O–H groups in total. The summed E-state index contributed by atoms with van der Waals surface area (Å²) in [5, 5.41) is 15.0. The van der Waals surface area contributed by atoms with E-state index in [0.717, 1.165) is 11.3 Å². The van der Waals surface area contributed by atoms with Gasteiger partial charge < -0.3 is 15.7 Å². The van der Waals surface area contributed by atoms with E-state index >= 15 is 0 Å². The summed E-state index contributed by atoms with van der Waals surface area (Å²) in [4.78, 5) is 11.6. The van der Waals surface area contributed by atoms with Gasteiger partial charge in [-0.1, -0.05) is 30.3 Å². The quantitative estimate of drug-likeness (QED) is 0.718. The zero-order chi connectivity index (χ0) is 13.5. The van der Waals surface area contributed by atoms with Crippen molar-refractivity contribution >= 4 is 11.6 Å². The summed E-state index contributed by atoms with van der Waals surface area (Å²) in [6.07, 6.45) is 0. The van der Waals surface area contributed by atoms with E-state index in [1.807, 2.05) is 30.3 Å². The van der Waals surface area contributed by atoms with Crippen molar-refractivity contribution in [3.63, 3.8) is 0 Å². The number of rotatable bonds is 5. The van der Waals surface area contributed by atoms with Crippen molar-refractivity contribution in [3.05, 3.63) is 60.2 Å². The number of carbonyl (C=O) groups excluding carboxylic acids is 1. The number of phenols is 1. The summed E-state index contributed by atoms with van der Waals surface area (Å²) in [5.41, 5.74) is 1.87. The van der Waals surface area contributed by atoms with E-state index in [9.17, 15) is 4.79 Å². The summed E-state index contributed by atoms with van der Waals surface area (Å²) in [6, 6.07) is 16.3. The number of nitrogens with one attached hydrogen (secondary N) is 2. The SMILES string of the molecule is O=C(CNc1ccc(O)cc1)NCc1ccccc1. The molecule has 0 aliphatic rings. The number of anilines is 1. The zero-order valence-electron chi connectivity index (χ0n) is 10.5. The largest absolute Gasteiger partial charge is 0.508 e. The van der Waals surface area contributed by atoms with Gasteiger partial charge in [0.15, 0.2) is 0 Å². The number of benzene rings is 2. The van der Waals surface area contributed by atoms with Gasteiger partial charge in [-0.2, -0.15) is 0 Å². The Morgan fingerprint density at radius 3 is 2.37 bits per heavy atom. The van der Waals surface area contributed by atoms with E-state index in [-0.39, 0.29) is 18.2 Å². The smallest absolute Gasteiger partial charge is 0.239 e. The molecule has 4 nitrogen and oxygen atoms in total. The second-order valence-corrected chi connectivity index (χ2v) is 4.16. The molecule has 2 aromatic carbocycles. The monoisotopic (exact) mass is 256 g/mol. The van der Waals surface area contributed by atoms with E-state index in [4.69, 9.17) is 5.11 Å². The van der Waals surface area contributed by atoms with E-state index in [1.165, 1.54) is 0 Å². The Morgan fingerprint density at radius 2 is 1.68 bits per heavy atom. The maximum atomic E-state index is 11.6. The Balaban J connectivity index is 1.74. The molecule has 0 aromatic heterocycles. The molecule has 19 heavy (non-hydrogen) atoms. The van der Waals surface area contributed by atoms with Crippen LogP contribution in [0.1, 0.15) is 5.56 Å². The molecule has 0 heterocycles. The van der Waals surface area contributed by atoms with E-state index in [1.54, 1.807) is 24.3 Å². The predicted octanol–water partition coefficient (Wildman–Crippen LogP) is 2.12. The molecule has 0 spiro atoms. The molecule has 0 atom stereocenters. The van der Waals surface area contributed by atoms with Crippen LogP contribution in [0.5, 0.6) is 5.75 Å². The average molecular weight is 256 g/mol. The minimum atomic E-state index is -0.0723. The fraction of sp³-hybridized carbons (Fsp3) is 0.133. The number of aromatic hydroxyl groups is 1. The molecule has 4 heteroatoms. The molecule has 0 fully saturated rings. The molecule has 2 rings (SSSR count). The summed E-state index contributed by atoms with van der Waals surface area (Å²) in [5.74, 6) is 0.135. The summed E-state index contributed by atoms with van der Waals surface area (Å²) >= 11 is 0. The average Bonchev–Trinajstić information content (AvgIpc) is 2.45. The van der Waals surface area contributed by atoms with Gasteiger partial charge in [-0.15, -0.1) is 0 Å². The number of amides is 1. The van der Waals surface area contributed by atoms with Gasteiger partial charge in [-0.25, -0.2) is 0 Å². The molecule has 0 saturated carbocycles. The second-order valence-electron chi connectivity index (χ2n) is 4.16. The molecular weight excluding hydrogens is 240 g/mol. The highest BCUT2D eigenvalue weighted by atomic mass is 16.3. The molecule has 2 aromatic rings. The minimum Gasteiger partial charge on any atom is -0.508 e. The maximum Gasteiger partial charge on any atom is 0.239 e. The van der Waals surface area contributed by atoms with Crippen molar-refractivity contribution in [2.24, 2.45) is 0 Å². The summed E-state index contributed by atoms with van der Waals surface area (Å²) in [6.45, 7) is 0.731. The van der Waals surface area contributed by atoms with Gasteiger partial charge >= 0.3 is 0 Å². The number of hydrogen-bond acceptors (Lipinski definition) is 3. The van der Waals surface area contributed by atoms with E-state index in [0.29, 0.717) is 6.54 Å². The highest BCUT2D eigenvalue weighted by molar-refractivity contribution is 5.80. The first-order valence-electron chi connectivity index (χ1n) is 6.07. The summed E-state index contributed by atoms with van der Waals surface area (Å²) < 4.78 is 0. The van der Waals surface area contributed by atoms with Crippen LogP contribution < -0.4 is 10.6 Å². The van der Waals surface area contributed by atoms with Crippen LogP contribution in [0.25, 0.3) is 0 Å². The van der Waals surface area contributed by atoms with Gasteiger partial charge in [0.25, 0.3) is 0 Å². The maximum absolute atomic E-state index is 11.6. The van der Waals surface area contributed by atoms with E-state index in [2.05, 4.69) is 10.6 Å². The normalized spacial score (nSPS) is 9.89. The fourth-order valence-electron chi connectivity index (χ4n) is 1.62. The molecular formula is C15H16N2O2. The number of phenolic OH excluding ortho intramolecular Hbond substituents is 1. The first-order chi connectivity index (χ1) is 9.24. The lowest BCUT2D eigenvalue weighted by Crippen LogP contribution is -2.29. The van der Waals surface area contributed by atoms with Crippen LogP contribution >= 0.6 is 0 Å². The van der Waals surface area contributed by atoms with Crippen LogP contribution in [0.15, 0.2) is 54.6 Å². The molecule has 0 radical (unpaired) electrons. The van der Waals surface area contributed by atoms with Gasteiger partial charge in [0, 0.05) is 12.2 Å². The standard InChI is InChI=1S/C15H16N2O2/c18-14-8-6-13(7-9-14)16-11-15(19)17-10-12-4-2-1-3-5-12/h1-9,16,18H,10-11H2,(H,17,19). The molecule has 0 bridgehead atoms. The third kappa shape index (κ3) is 4.35. The zero-order valence-corrected chi connectivity index (χ0v) is 10.5. The highest BCUT2D eigenvalue weighted by Crippen LogP contribution is 2.13. The third-order valence-electron chi connectivity index (χ3n) is 2.65. The van der Waals surface area contributed by atoms with Crippen LogP contribution in [0.2, 0.25) is 0 Å². The van der Waals surface area contributed by atoms with Crippen molar-refractivity contribution in [1.29, 1.82) is 0 Å². The van der Waals surface area contributed by atoms with Gasteiger partial charge in [-0.05, 0) is 29.8 Å². The van der Waals surface area contributed by atoms with Crippen LogP contribution in [0.4, 0.5) is 5.69 Å². The van der Waals surface area contributed by atoms with Crippen LogP contribution in [-0.2, 0) is 11.3 Å². The highest BCUT2D eigenvalue weighted by Gasteiger charge is 2.01. The second kappa shape index (κ2) is 6.44. The Bertz CT molecular complexity index is 524. The predicted molar refractivity (Wildman–Crippen MR) is 74.9 cm³/mol. The fourth-order valence-corrected chi connectivity index (χ4v) is 1.62. The Hall–Kier alpha value is -2.49.